The van der Waals surface area contributed by atoms with Gasteiger partial charge in [-0.15, -0.1) is 24.0 Å². The number of aliphatic imine (C=N–C) groups is 1. The summed E-state index contributed by atoms with van der Waals surface area (Å²) >= 11 is 0. The smallest absolute Gasteiger partial charge is 0.238 e. The normalized spacial score (nSPS) is 10.9. The lowest BCUT2D eigenvalue weighted by molar-refractivity contribution is -0.116. The molecule has 2 rings (SSSR count). The van der Waals surface area contributed by atoms with Crippen LogP contribution in [-0.4, -0.2) is 69.6 Å². The highest BCUT2D eigenvalue weighted by molar-refractivity contribution is 14.0. The summed E-state index contributed by atoms with van der Waals surface area (Å²) in [6, 6.07) is 17.6. The highest BCUT2D eigenvalue weighted by Crippen LogP contribution is 2.11. The zero-order valence-electron chi connectivity index (χ0n) is 18.1. The fourth-order valence-electron chi connectivity index (χ4n) is 2.74. The molecule has 0 heterocycles. The number of benzene rings is 2. The minimum absolute atomic E-state index is 0. The van der Waals surface area contributed by atoms with Gasteiger partial charge in [0.05, 0.1) is 13.1 Å². The molecule has 164 valence electrons. The Hall–Kier alpha value is -2.33. The number of ether oxygens (including phenoxy) is 1. The van der Waals surface area contributed by atoms with Gasteiger partial charge < -0.3 is 25.2 Å². The van der Waals surface area contributed by atoms with E-state index in [9.17, 15) is 4.79 Å². The second-order valence-electron chi connectivity index (χ2n) is 6.97. The van der Waals surface area contributed by atoms with E-state index in [1.807, 2.05) is 85.5 Å². The predicted octanol–water partition coefficient (Wildman–Crippen LogP) is 2.89. The van der Waals surface area contributed by atoms with Gasteiger partial charge in [-0.1, -0.05) is 30.3 Å². The number of halogens is 1. The Morgan fingerprint density at radius 1 is 1.07 bits per heavy atom. The van der Waals surface area contributed by atoms with Crippen LogP contribution in [0.2, 0.25) is 0 Å². The van der Waals surface area contributed by atoms with E-state index < -0.39 is 0 Å². The predicted molar refractivity (Wildman–Crippen MR) is 134 cm³/mol. The number of anilines is 1. The van der Waals surface area contributed by atoms with Crippen LogP contribution >= 0.6 is 24.0 Å². The number of rotatable bonds is 9. The first-order valence-corrected chi connectivity index (χ1v) is 9.61. The minimum atomic E-state index is -0.0333. The van der Waals surface area contributed by atoms with Crippen molar-refractivity contribution in [3.63, 3.8) is 0 Å². The zero-order chi connectivity index (χ0) is 21.1. The molecule has 0 radical (unpaired) electrons. The summed E-state index contributed by atoms with van der Waals surface area (Å²) < 4.78 is 5.75. The van der Waals surface area contributed by atoms with Crippen molar-refractivity contribution in [2.75, 3.05) is 53.2 Å². The molecule has 0 atom stereocenters. The third-order valence-corrected chi connectivity index (χ3v) is 4.13. The Balaban J connectivity index is 0.00000450. The van der Waals surface area contributed by atoms with Crippen LogP contribution in [0.25, 0.3) is 0 Å². The van der Waals surface area contributed by atoms with Gasteiger partial charge in [-0.3, -0.25) is 9.79 Å². The number of hydrogen-bond donors (Lipinski definition) is 2. The lowest BCUT2D eigenvalue weighted by Gasteiger charge is -2.22. The molecule has 0 saturated heterocycles. The summed E-state index contributed by atoms with van der Waals surface area (Å²) in [4.78, 5) is 20.1. The van der Waals surface area contributed by atoms with Crippen molar-refractivity contribution >= 4 is 41.5 Å². The Bertz CT molecular complexity index is 799. The Labute approximate surface area is 196 Å². The van der Waals surface area contributed by atoms with E-state index in [1.165, 1.54) is 0 Å². The molecule has 8 heteroatoms. The number of nitrogens with zero attached hydrogens (tertiary/aromatic N) is 3. The highest BCUT2D eigenvalue weighted by Gasteiger charge is 2.07. The van der Waals surface area contributed by atoms with Crippen LogP contribution in [0.3, 0.4) is 0 Å². The minimum Gasteiger partial charge on any atom is -0.492 e. The summed E-state index contributed by atoms with van der Waals surface area (Å²) in [7, 11) is 7.47. The van der Waals surface area contributed by atoms with Crippen LogP contribution in [0, 0.1) is 0 Å². The number of amides is 1. The van der Waals surface area contributed by atoms with Crippen molar-refractivity contribution in [2.45, 2.75) is 6.54 Å². The van der Waals surface area contributed by atoms with Gasteiger partial charge in [0.2, 0.25) is 5.91 Å². The fraction of sp³-hybridized carbons (Fsp3) is 0.364. The molecular weight excluding hydrogens is 493 g/mol. The molecule has 1 amide bonds. The lowest BCUT2D eigenvalue weighted by Crippen LogP contribution is -2.40. The maximum atomic E-state index is 11.9. The van der Waals surface area contributed by atoms with E-state index in [-0.39, 0.29) is 29.9 Å². The van der Waals surface area contributed by atoms with Crippen molar-refractivity contribution in [2.24, 2.45) is 4.99 Å². The first-order chi connectivity index (χ1) is 14.0. The second-order valence-corrected chi connectivity index (χ2v) is 6.97. The van der Waals surface area contributed by atoms with Gasteiger partial charge in [-0.05, 0) is 43.9 Å². The van der Waals surface area contributed by atoms with Crippen molar-refractivity contribution in [1.29, 1.82) is 0 Å². The Morgan fingerprint density at radius 3 is 2.47 bits per heavy atom. The van der Waals surface area contributed by atoms with E-state index in [1.54, 1.807) is 7.05 Å². The molecule has 0 aliphatic heterocycles. The molecule has 0 spiro atoms. The van der Waals surface area contributed by atoms with Gasteiger partial charge >= 0.3 is 0 Å². The van der Waals surface area contributed by atoms with E-state index >= 15 is 0 Å². The van der Waals surface area contributed by atoms with Gasteiger partial charge in [0, 0.05) is 26.3 Å². The standard InChI is InChI=1S/C22H31N5O2.HI/c1-23-22(27(4)13-14-29-20-11-6-5-7-12-20)24-16-18-9-8-10-19(15-18)25-21(28)17-26(2)3;/h5-12,15H,13-14,16-17H2,1-4H3,(H,23,24)(H,25,28);1H. The molecule has 0 unspecified atom stereocenters. The summed E-state index contributed by atoms with van der Waals surface area (Å²) in [6.07, 6.45) is 0. The van der Waals surface area contributed by atoms with Crippen LogP contribution in [0.15, 0.2) is 59.6 Å². The quantitative estimate of drug-likeness (QED) is 0.300. The van der Waals surface area contributed by atoms with E-state index in [2.05, 4.69) is 15.6 Å². The number of carbonyl (C=O) groups excluding carboxylic acids is 1. The average Bonchev–Trinajstić information content (AvgIpc) is 2.69. The number of nitrogens with one attached hydrogen (secondary N) is 2. The molecule has 2 N–H and O–H groups in total. The van der Waals surface area contributed by atoms with E-state index in [4.69, 9.17) is 4.74 Å². The molecule has 0 bridgehead atoms. The van der Waals surface area contributed by atoms with E-state index in [0.717, 1.165) is 23.0 Å². The lowest BCUT2D eigenvalue weighted by atomic mass is 10.2. The molecule has 0 fully saturated rings. The molecule has 7 nitrogen and oxygen atoms in total. The molecule has 0 aliphatic rings. The summed E-state index contributed by atoms with van der Waals surface area (Å²) in [6.45, 7) is 2.22. The van der Waals surface area contributed by atoms with Crippen molar-refractivity contribution < 1.29 is 9.53 Å². The Morgan fingerprint density at radius 2 is 1.80 bits per heavy atom. The first kappa shape index (κ1) is 25.7. The number of guanidine groups is 1. The van der Waals surface area contributed by atoms with E-state index in [0.29, 0.717) is 26.2 Å². The maximum Gasteiger partial charge on any atom is 0.238 e. The van der Waals surface area contributed by atoms with Crippen molar-refractivity contribution in [1.82, 2.24) is 15.1 Å². The monoisotopic (exact) mass is 525 g/mol. The molecule has 0 aliphatic carbocycles. The molecule has 0 saturated carbocycles. The summed E-state index contributed by atoms with van der Waals surface area (Å²) in [5.74, 6) is 1.61. The van der Waals surface area contributed by atoms with Crippen LogP contribution in [0.5, 0.6) is 5.75 Å². The third kappa shape index (κ3) is 9.45. The number of carbonyl (C=O) groups is 1. The maximum absolute atomic E-state index is 11.9. The molecular formula is C22H32IN5O2. The van der Waals surface area contributed by atoms with Crippen LogP contribution < -0.4 is 15.4 Å². The van der Waals surface area contributed by atoms with Crippen molar-refractivity contribution in [3.05, 3.63) is 60.2 Å². The second kappa shape index (κ2) is 13.8. The van der Waals surface area contributed by atoms with Gasteiger partial charge in [-0.25, -0.2) is 0 Å². The van der Waals surface area contributed by atoms with Gasteiger partial charge in [-0.2, -0.15) is 0 Å². The largest absolute Gasteiger partial charge is 0.492 e. The molecule has 2 aromatic carbocycles. The zero-order valence-corrected chi connectivity index (χ0v) is 20.4. The number of hydrogen-bond acceptors (Lipinski definition) is 4. The summed E-state index contributed by atoms with van der Waals surface area (Å²) in [5.41, 5.74) is 1.85. The molecule has 0 aromatic heterocycles. The fourth-order valence-corrected chi connectivity index (χ4v) is 2.74. The van der Waals surface area contributed by atoms with Gasteiger partial charge in [0.1, 0.15) is 12.4 Å². The van der Waals surface area contributed by atoms with Gasteiger partial charge in [0.25, 0.3) is 0 Å². The molecule has 30 heavy (non-hydrogen) atoms. The van der Waals surface area contributed by atoms with Crippen LogP contribution in [0.4, 0.5) is 5.69 Å². The number of likely N-dealkylation sites (N-methyl/N-ethyl adjacent to an activating group) is 2. The van der Waals surface area contributed by atoms with Crippen molar-refractivity contribution in [3.8, 4) is 5.75 Å². The topological polar surface area (TPSA) is 69.2 Å². The van der Waals surface area contributed by atoms with Gasteiger partial charge in [0.15, 0.2) is 5.96 Å². The SMILES string of the molecule is CN=C(NCc1cccc(NC(=O)CN(C)C)c1)N(C)CCOc1ccccc1.I. The van der Waals surface area contributed by atoms with Crippen LogP contribution in [-0.2, 0) is 11.3 Å². The Kier molecular flexibility index (Phi) is 11.8. The first-order valence-electron chi connectivity index (χ1n) is 9.61. The summed E-state index contributed by atoms with van der Waals surface area (Å²) in [5, 5.41) is 6.26. The van der Waals surface area contributed by atoms with Crippen LogP contribution in [0.1, 0.15) is 5.56 Å². The highest BCUT2D eigenvalue weighted by atomic mass is 127. The molecule has 2 aromatic rings. The number of para-hydroxylation sites is 1. The average molecular weight is 525 g/mol. The third-order valence-electron chi connectivity index (χ3n) is 4.13.